The minimum atomic E-state index is -0.796. The van der Waals surface area contributed by atoms with E-state index in [9.17, 15) is 4.79 Å². The zero-order valence-electron chi connectivity index (χ0n) is 9.15. The van der Waals surface area contributed by atoms with Gasteiger partial charge >= 0.3 is 5.97 Å². The van der Waals surface area contributed by atoms with Crippen molar-refractivity contribution in [1.82, 2.24) is 20.0 Å². The van der Waals surface area contributed by atoms with Crippen LogP contribution in [-0.4, -0.2) is 31.1 Å². The van der Waals surface area contributed by atoms with Crippen LogP contribution in [0.5, 0.6) is 0 Å². The lowest BCUT2D eigenvalue weighted by molar-refractivity contribution is -0.137. The van der Waals surface area contributed by atoms with Gasteiger partial charge in [-0.15, -0.1) is 5.10 Å². The first-order chi connectivity index (χ1) is 8.25. The highest BCUT2D eigenvalue weighted by Gasteiger charge is 2.04. The lowest BCUT2D eigenvalue weighted by Crippen LogP contribution is -2.02. The number of carboxylic acid groups (broad SMARTS) is 1. The second kappa shape index (κ2) is 5.20. The van der Waals surface area contributed by atoms with Crippen LogP contribution in [0.2, 0.25) is 0 Å². The molecule has 0 aromatic carbocycles. The van der Waals surface area contributed by atoms with Crippen LogP contribution in [0, 0.1) is 0 Å². The summed E-state index contributed by atoms with van der Waals surface area (Å²) >= 11 is 0. The molecule has 6 nitrogen and oxygen atoms in total. The molecule has 2 heterocycles. The van der Waals surface area contributed by atoms with Crippen LogP contribution in [0.25, 0.3) is 11.4 Å². The van der Waals surface area contributed by atoms with Crippen molar-refractivity contribution >= 4 is 5.97 Å². The zero-order valence-corrected chi connectivity index (χ0v) is 9.15. The van der Waals surface area contributed by atoms with Gasteiger partial charge in [0.15, 0.2) is 0 Å². The van der Waals surface area contributed by atoms with Crippen LogP contribution >= 0.6 is 0 Å². The number of carbonyl (C=O) groups is 1. The van der Waals surface area contributed by atoms with Gasteiger partial charge in [-0.2, -0.15) is 0 Å². The zero-order chi connectivity index (χ0) is 12.1. The van der Waals surface area contributed by atoms with Crippen molar-refractivity contribution in [3.05, 3.63) is 30.6 Å². The summed E-state index contributed by atoms with van der Waals surface area (Å²) in [5, 5.41) is 16.4. The van der Waals surface area contributed by atoms with Crippen molar-refractivity contribution < 1.29 is 9.90 Å². The Balaban J connectivity index is 1.99. The predicted octanol–water partition coefficient (Wildman–Crippen LogP) is 1.20. The Morgan fingerprint density at radius 1 is 1.35 bits per heavy atom. The summed E-state index contributed by atoms with van der Waals surface area (Å²) < 4.78 is 1.63. The van der Waals surface area contributed by atoms with Crippen molar-refractivity contribution in [3.8, 4) is 11.4 Å². The fourth-order valence-electron chi connectivity index (χ4n) is 1.43. The molecule has 6 heteroatoms. The quantitative estimate of drug-likeness (QED) is 0.837. The number of aryl methyl sites for hydroxylation is 1. The van der Waals surface area contributed by atoms with E-state index >= 15 is 0 Å². The third-order valence-corrected chi connectivity index (χ3v) is 2.24. The summed E-state index contributed by atoms with van der Waals surface area (Å²) in [6.45, 7) is 0.548. The molecule has 2 rings (SSSR count). The lowest BCUT2D eigenvalue weighted by atomic mass is 10.3. The Morgan fingerprint density at radius 2 is 2.24 bits per heavy atom. The van der Waals surface area contributed by atoms with Crippen molar-refractivity contribution in [1.29, 1.82) is 0 Å². The Morgan fingerprint density at radius 3 is 2.94 bits per heavy atom. The molecule has 0 radical (unpaired) electrons. The number of hydrogen-bond acceptors (Lipinski definition) is 4. The highest BCUT2D eigenvalue weighted by molar-refractivity contribution is 5.66. The van der Waals surface area contributed by atoms with Crippen LogP contribution in [0.4, 0.5) is 0 Å². The molecule has 0 spiro atoms. The largest absolute Gasteiger partial charge is 0.481 e. The number of hydrogen-bond donors (Lipinski definition) is 1. The minimum Gasteiger partial charge on any atom is -0.481 e. The average Bonchev–Trinajstić information content (AvgIpc) is 2.78. The fraction of sp³-hybridized carbons (Fsp3) is 0.273. The normalized spacial score (nSPS) is 10.4. The van der Waals surface area contributed by atoms with Crippen molar-refractivity contribution in [3.63, 3.8) is 0 Å². The highest BCUT2D eigenvalue weighted by Crippen LogP contribution is 2.11. The summed E-state index contributed by atoms with van der Waals surface area (Å²) in [6.07, 6.45) is 4.14. The maximum Gasteiger partial charge on any atom is 0.303 e. The predicted molar refractivity (Wildman–Crippen MR) is 60.1 cm³/mol. The molecule has 2 aromatic rings. The van der Waals surface area contributed by atoms with E-state index in [2.05, 4.69) is 15.3 Å². The smallest absolute Gasteiger partial charge is 0.303 e. The molecular formula is C11H12N4O2. The molecule has 1 N–H and O–H groups in total. The van der Waals surface area contributed by atoms with E-state index in [1.165, 1.54) is 0 Å². The standard InChI is InChI=1S/C11H12N4O2/c16-11(17)5-3-7-15-8-10(13-14-15)9-4-1-2-6-12-9/h1-2,4,6,8H,3,5,7H2,(H,16,17). The first kappa shape index (κ1) is 11.3. The van der Waals surface area contributed by atoms with E-state index in [-0.39, 0.29) is 6.42 Å². The molecule has 0 aliphatic rings. The van der Waals surface area contributed by atoms with E-state index in [1.807, 2.05) is 18.2 Å². The molecule has 0 aliphatic heterocycles. The molecule has 0 amide bonds. The van der Waals surface area contributed by atoms with Gasteiger partial charge in [0.2, 0.25) is 0 Å². The van der Waals surface area contributed by atoms with Crippen molar-refractivity contribution in [2.24, 2.45) is 0 Å². The summed E-state index contributed by atoms with van der Waals surface area (Å²) in [6, 6.07) is 5.57. The Hall–Kier alpha value is -2.24. The summed E-state index contributed by atoms with van der Waals surface area (Å²) in [5.74, 6) is -0.796. The van der Waals surface area contributed by atoms with E-state index in [0.717, 1.165) is 5.69 Å². The van der Waals surface area contributed by atoms with Crippen molar-refractivity contribution in [2.75, 3.05) is 0 Å². The second-order valence-corrected chi connectivity index (χ2v) is 3.58. The third-order valence-electron chi connectivity index (χ3n) is 2.24. The monoisotopic (exact) mass is 232 g/mol. The molecule has 0 saturated heterocycles. The number of pyridine rings is 1. The highest BCUT2D eigenvalue weighted by atomic mass is 16.4. The Labute approximate surface area is 97.9 Å². The van der Waals surface area contributed by atoms with E-state index in [1.54, 1.807) is 17.1 Å². The molecular weight excluding hydrogens is 220 g/mol. The van der Waals surface area contributed by atoms with Gasteiger partial charge < -0.3 is 5.11 Å². The van der Waals surface area contributed by atoms with Gasteiger partial charge in [0.25, 0.3) is 0 Å². The number of nitrogens with zero attached hydrogens (tertiary/aromatic N) is 4. The van der Waals surface area contributed by atoms with E-state index in [4.69, 9.17) is 5.11 Å². The van der Waals surface area contributed by atoms with Gasteiger partial charge in [-0.3, -0.25) is 14.5 Å². The summed E-state index contributed by atoms with van der Waals surface area (Å²) in [5.41, 5.74) is 1.46. The van der Waals surface area contributed by atoms with Gasteiger partial charge in [0.05, 0.1) is 11.9 Å². The molecule has 0 aliphatic carbocycles. The summed E-state index contributed by atoms with van der Waals surface area (Å²) in [7, 11) is 0. The third kappa shape index (κ3) is 3.10. The van der Waals surface area contributed by atoms with Crippen LogP contribution in [0.15, 0.2) is 30.6 Å². The molecule has 0 unspecified atom stereocenters. The van der Waals surface area contributed by atoms with Crippen LogP contribution < -0.4 is 0 Å². The van der Waals surface area contributed by atoms with Gasteiger partial charge in [-0.05, 0) is 18.6 Å². The second-order valence-electron chi connectivity index (χ2n) is 3.58. The molecule has 0 fully saturated rings. The Kier molecular flexibility index (Phi) is 3.44. The maximum atomic E-state index is 10.4. The lowest BCUT2D eigenvalue weighted by Gasteiger charge is -1.96. The number of rotatable bonds is 5. The first-order valence-electron chi connectivity index (χ1n) is 5.29. The number of aromatic nitrogens is 4. The molecule has 2 aromatic heterocycles. The van der Waals surface area contributed by atoms with E-state index in [0.29, 0.717) is 18.7 Å². The van der Waals surface area contributed by atoms with Crippen LogP contribution in [0.3, 0.4) is 0 Å². The molecule has 0 bridgehead atoms. The first-order valence-corrected chi connectivity index (χ1v) is 5.29. The van der Waals surface area contributed by atoms with Gasteiger partial charge in [0, 0.05) is 19.2 Å². The molecule has 88 valence electrons. The topological polar surface area (TPSA) is 80.9 Å². The van der Waals surface area contributed by atoms with Gasteiger partial charge in [-0.1, -0.05) is 11.3 Å². The SMILES string of the molecule is O=C(O)CCCn1cc(-c2ccccn2)nn1. The van der Waals surface area contributed by atoms with E-state index < -0.39 is 5.97 Å². The maximum absolute atomic E-state index is 10.4. The molecule has 0 atom stereocenters. The van der Waals surface area contributed by atoms with Crippen molar-refractivity contribution in [2.45, 2.75) is 19.4 Å². The minimum absolute atomic E-state index is 0.138. The average molecular weight is 232 g/mol. The molecule has 17 heavy (non-hydrogen) atoms. The van der Waals surface area contributed by atoms with Gasteiger partial charge in [-0.25, -0.2) is 0 Å². The van der Waals surface area contributed by atoms with Gasteiger partial charge in [0.1, 0.15) is 5.69 Å². The summed E-state index contributed by atoms with van der Waals surface area (Å²) in [4.78, 5) is 14.5. The van der Waals surface area contributed by atoms with Crippen LogP contribution in [-0.2, 0) is 11.3 Å². The Bertz CT molecular complexity index is 495. The molecule has 0 saturated carbocycles. The number of aliphatic carboxylic acids is 1. The fourth-order valence-corrected chi connectivity index (χ4v) is 1.43. The number of carboxylic acids is 1. The van der Waals surface area contributed by atoms with Crippen LogP contribution in [0.1, 0.15) is 12.8 Å².